The molecule has 2 unspecified atom stereocenters. The molecule has 3 aromatic carbocycles. The molecule has 3 aromatic rings. The molecule has 2 amide bonds. The molecule has 0 aliphatic carbocycles. The van der Waals surface area contributed by atoms with Gasteiger partial charge in [-0.15, -0.1) is 0 Å². The normalized spacial score (nSPS) is 11.9. The first kappa shape index (κ1) is 29.0. The number of rotatable bonds is 14. The van der Waals surface area contributed by atoms with E-state index in [0.29, 0.717) is 23.7 Å². The largest absolute Gasteiger partial charge is 0.462 e. The van der Waals surface area contributed by atoms with Crippen molar-refractivity contribution >= 4 is 18.2 Å². The maximum absolute atomic E-state index is 12.7. The lowest BCUT2D eigenvalue weighted by Gasteiger charge is -2.19. The van der Waals surface area contributed by atoms with E-state index in [9.17, 15) is 19.5 Å². The van der Waals surface area contributed by atoms with Gasteiger partial charge in [0.05, 0.1) is 6.54 Å². The van der Waals surface area contributed by atoms with Crippen molar-refractivity contribution in [2.75, 3.05) is 19.7 Å². The summed E-state index contributed by atoms with van der Waals surface area (Å²) in [5.74, 6) is 0.469. The van der Waals surface area contributed by atoms with E-state index in [1.165, 1.54) is 0 Å². The minimum Gasteiger partial charge on any atom is -0.462 e. The zero-order chi connectivity index (χ0) is 27.7. The number of aliphatic hydroxyl groups is 1. The van der Waals surface area contributed by atoms with Gasteiger partial charge in [-0.3, -0.25) is 5.32 Å². The van der Waals surface area contributed by atoms with Crippen LogP contribution in [-0.4, -0.2) is 55.4 Å². The average molecular weight is 538 g/mol. The van der Waals surface area contributed by atoms with Crippen LogP contribution in [0, 0.1) is 0 Å². The topological polar surface area (TPSA) is 144 Å². The van der Waals surface area contributed by atoms with Gasteiger partial charge in [0.1, 0.15) is 29.9 Å². The predicted molar refractivity (Wildman–Crippen MR) is 141 cm³/mol. The zero-order valence-corrected chi connectivity index (χ0v) is 21.2. The van der Waals surface area contributed by atoms with Crippen LogP contribution in [0.1, 0.15) is 12.8 Å². The van der Waals surface area contributed by atoms with Crippen molar-refractivity contribution < 1.29 is 38.4 Å². The number of hydrogen-bond acceptors (Lipinski definition) is 9. The monoisotopic (exact) mass is 537 g/mol. The zero-order valence-electron chi connectivity index (χ0n) is 21.2. The summed E-state index contributed by atoms with van der Waals surface area (Å²) in [4.78, 5) is 36.9. The van der Waals surface area contributed by atoms with Crippen LogP contribution in [0.5, 0.6) is 17.2 Å². The van der Waals surface area contributed by atoms with E-state index in [1.54, 1.807) is 84.9 Å². The van der Waals surface area contributed by atoms with Gasteiger partial charge < -0.3 is 34.7 Å². The second-order valence-corrected chi connectivity index (χ2v) is 8.08. The Labute approximate surface area is 226 Å². The Balaban J connectivity index is 1.44. The predicted octanol–water partition coefficient (Wildman–Crippen LogP) is 3.20. The smallest absolute Gasteiger partial charge is 0.413 e. The summed E-state index contributed by atoms with van der Waals surface area (Å²) >= 11 is 0. The number of carbonyl (C=O) groups excluding carboxylic acids is 3. The van der Waals surface area contributed by atoms with Crippen LogP contribution in [-0.2, 0) is 9.53 Å². The van der Waals surface area contributed by atoms with Crippen LogP contribution in [0.25, 0.3) is 0 Å². The number of carbonyl (C=O) groups is 3. The molecule has 11 heteroatoms. The quantitative estimate of drug-likeness (QED) is 0.138. The second kappa shape index (κ2) is 16.3. The van der Waals surface area contributed by atoms with Gasteiger partial charge in [0.15, 0.2) is 0 Å². The Kier molecular flexibility index (Phi) is 12.1. The van der Waals surface area contributed by atoms with Crippen molar-refractivity contribution in [3.8, 4) is 17.2 Å². The van der Waals surface area contributed by atoms with Gasteiger partial charge in [0, 0.05) is 6.54 Å². The summed E-state index contributed by atoms with van der Waals surface area (Å²) in [6.45, 7) is 0.139. The van der Waals surface area contributed by atoms with Crippen molar-refractivity contribution in [2.24, 2.45) is 0 Å². The van der Waals surface area contributed by atoms with Crippen molar-refractivity contribution in [3.63, 3.8) is 0 Å². The summed E-state index contributed by atoms with van der Waals surface area (Å²) in [6, 6.07) is 24.7. The molecule has 0 heterocycles. The highest BCUT2D eigenvalue weighted by molar-refractivity contribution is 5.82. The second-order valence-electron chi connectivity index (χ2n) is 8.08. The molecule has 0 aliphatic rings. The molecule has 0 bridgehead atoms. The first-order valence-electron chi connectivity index (χ1n) is 12.3. The minimum atomic E-state index is -1.25. The molecule has 4 N–H and O–H groups in total. The van der Waals surface area contributed by atoms with Gasteiger partial charge in [0.25, 0.3) is 6.41 Å². The fourth-order valence-electron chi connectivity index (χ4n) is 3.25. The lowest BCUT2D eigenvalue weighted by Crippen LogP contribution is -2.44. The number of aliphatic hydroxyl groups excluding tert-OH is 1. The third-order valence-corrected chi connectivity index (χ3v) is 5.08. The number of nitrogens with one attached hydrogen (secondary N) is 3. The molecular formula is C28H31N3O8. The van der Waals surface area contributed by atoms with E-state index in [2.05, 4.69) is 16.0 Å². The Hall–Kier alpha value is -4.61. The molecule has 0 fully saturated rings. The summed E-state index contributed by atoms with van der Waals surface area (Å²) in [5, 5.41) is 17.8. The Morgan fingerprint density at radius 2 is 1.26 bits per heavy atom. The van der Waals surface area contributed by atoms with E-state index in [1.807, 2.05) is 6.07 Å². The lowest BCUT2D eigenvalue weighted by molar-refractivity contribution is -0.146. The fourth-order valence-corrected chi connectivity index (χ4v) is 3.25. The van der Waals surface area contributed by atoms with Gasteiger partial charge >= 0.3 is 18.2 Å². The number of hydrogen-bond donors (Lipinski definition) is 4. The number of amides is 2. The molecule has 0 saturated heterocycles. The summed E-state index contributed by atoms with van der Waals surface area (Å²) in [5.41, 5.74) is 0. The van der Waals surface area contributed by atoms with Crippen LogP contribution >= 0.6 is 0 Å². The van der Waals surface area contributed by atoms with Gasteiger partial charge in [-0.2, -0.15) is 0 Å². The highest BCUT2D eigenvalue weighted by Gasteiger charge is 2.23. The number of esters is 1. The minimum absolute atomic E-state index is 0.00314. The average Bonchev–Trinajstić information content (AvgIpc) is 2.94. The van der Waals surface area contributed by atoms with Crippen LogP contribution in [0.2, 0.25) is 0 Å². The molecule has 2 atom stereocenters. The molecule has 0 spiro atoms. The van der Waals surface area contributed by atoms with E-state index >= 15 is 0 Å². The Morgan fingerprint density at radius 3 is 1.85 bits per heavy atom. The van der Waals surface area contributed by atoms with E-state index in [4.69, 9.17) is 18.9 Å². The Morgan fingerprint density at radius 1 is 0.718 bits per heavy atom. The number of para-hydroxylation sites is 3. The van der Waals surface area contributed by atoms with E-state index in [-0.39, 0.29) is 26.1 Å². The molecule has 0 saturated carbocycles. The summed E-state index contributed by atoms with van der Waals surface area (Å²) < 4.78 is 20.9. The van der Waals surface area contributed by atoms with Gasteiger partial charge in [-0.25, -0.2) is 14.4 Å². The van der Waals surface area contributed by atoms with Crippen molar-refractivity contribution in [1.82, 2.24) is 16.0 Å². The van der Waals surface area contributed by atoms with E-state index in [0.717, 1.165) is 0 Å². The molecule has 206 valence electrons. The summed E-state index contributed by atoms with van der Waals surface area (Å²) in [7, 11) is 0. The first-order chi connectivity index (χ1) is 19.0. The van der Waals surface area contributed by atoms with Crippen LogP contribution in [0.3, 0.4) is 0 Å². The standard InChI is InChI=1S/C28H31N3O8/c32-25(36-20-19-30-27(34)38-22-13-6-2-7-14-22)24(31-28(35)39-23-15-8-3-9-16-23)17-10-18-29-26(33)37-21-11-4-1-5-12-21/h1-9,11-16,24,26,29,33H,10,17-20H2,(H,30,34)(H,31,35). The van der Waals surface area contributed by atoms with E-state index < -0.39 is 30.6 Å². The number of benzene rings is 3. The molecule has 0 aliphatic heterocycles. The molecule has 39 heavy (non-hydrogen) atoms. The highest BCUT2D eigenvalue weighted by Crippen LogP contribution is 2.11. The maximum atomic E-state index is 12.7. The molecule has 0 radical (unpaired) electrons. The Bertz CT molecular complexity index is 1150. The van der Waals surface area contributed by atoms with Crippen molar-refractivity contribution in [3.05, 3.63) is 91.0 Å². The lowest BCUT2D eigenvalue weighted by atomic mass is 10.1. The van der Waals surface area contributed by atoms with Gasteiger partial charge in [0.2, 0.25) is 0 Å². The van der Waals surface area contributed by atoms with Crippen molar-refractivity contribution in [2.45, 2.75) is 25.3 Å². The van der Waals surface area contributed by atoms with Gasteiger partial charge in [-0.1, -0.05) is 54.6 Å². The highest BCUT2D eigenvalue weighted by atomic mass is 16.6. The van der Waals surface area contributed by atoms with Crippen molar-refractivity contribution in [1.29, 1.82) is 0 Å². The molecular weight excluding hydrogens is 506 g/mol. The van der Waals surface area contributed by atoms with Crippen LogP contribution in [0.15, 0.2) is 91.0 Å². The molecule has 3 rings (SSSR count). The van der Waals surface area contributed by atoms with Gasteiger partial charge in [-0.05, 0) is 49.2 Å². The first-order valence-corrected chi connectivity index (χ1v) is 12.3. The summed E-state index contributed by atoms with van der Waals surface area (Å²) in [6.07, 6.45) is -2.22. The molecule has 0 aromatic heterocycles. The maximum Gasteiger partial charge on any atom is 0.413 e. The number of ether oxygens (including phenoxy) is 4. The van der Waals surface area contributed by atoms with Crippen LogP contribution < -0.4 is 30.2 Å². The third kappa shape index (κ3) is 11.5. The fraction of sp³-hybridized carbons (Fsp3) is 0.250. The van der Waals surface area contributed by atoms with Crippen LogP contribution in [0.4, 0.5) is 9.59 Å². The third-order valence-electron chi connectivity index (χ3n) is 5.08. The molecule has 11 nitrogen and oxygen atoms in total. The SMILES string of the molecule is O=C(NCCOC(=O)C(CCCNC(O)Oc1ccccc1)NC(=O)Oc1ccccc1)Oc1ccccc1.